The summed E-state index contributed by atoms with van der Waals surface area (Å²) in [5, 5.41) is 0. The maximum Gasteiger partial charge on any atom is 0.0104 e. The lowest BCUT2D eigenvalue weighted by Gasteiger charge is -2.65. The summed E-state index contributed by atoms with van der Waals surface area (Å²) >= 11 is 2.73. The van der Waals surface area contributed by atoms with Crippen LogP contribution in [0.25, 0.3) is 0 Å². The van der Waals surface area contributed by atoms with E-state index in [0.29, 0.717) is 0 Å². The Kier molecular flexibility index (Phi) is 15.9. The zero-order valence-corrected chi connectivity index (χ0v) is 44.6. The van der Waals surface area contributed by atoms with E-state index in [4.69, 9.17) is 0 Å². The average molecular weight is 990 g/mol. The van der Waals surface area contributed by atoms with Crippen molar-refractivity contribution in [1.82, 2.24) is 4.90 Å². The van der Waals surface area contributed by atoms with Crippen LogP contribution in [-0.2, 0) is 0 Å². The van der Waals surface area contributed by atoms with Crippen LogP contribution in [0.3, 0.4) is 0 Å². The van der Waals surface area contributed by atoms with E-state index < -0.39 is 0 Å². The van der Waals surface area contributed by atoms with Crippen LogP contribution in [0.1, 0.15) is 251 Å². The molecule has 364 valence electrons. The van der Waals surface area contributed by atoms with Crippen LogP contribution < -0.4 is 0 Å². The van der Waals surface area contributed by atoms with Gasteiger partial charge in [0.25, 0.3) is 0 Å². The summed E-state index contributed by atoms with van der Waals surface area (Å²) in [5.74, 6) is 20.3. The van der Waals surface area contributed by atoms with E-state index >= 15 is 0 Å². The molecule has 0 N–H and O–H groups in total. The van der Waals surface area contributed by atoms with Crippen molar-refractivity contribution in [1.29, 1.82) is 0 Å². The quantitative estimate of drug-likeness (QED) is 0.156. The standard InChI is InChI=1S/C62H104IN/c1-41-21-25-43(26-22-41)37-58(47-29-23-42(2)24-30-47)48-31-35-56-59(38-48)61(54-19-9-13-45-11-3-7-17-52(45)54)57-36-34-51(64(49-15-5-6-16-49)50-32-27-44(40-63)28-33-50)39-60(57)62(56)55-20-10-14-46-12-4-8-18-53(46)55/h41-62H,3-40H2,1-2H3/t41?,42?,43?,44?,45?,46?,47?,48?,50?,51-,52?,53?,54?,55?,56?,57?,58?,59?,60?,61?,62?/m0/s1. The molecule has 0 heterocycles. The molecule has 0 aliphatic heterocycles. The number of nitrogens with zero attached hydrogens (tertiary/aromatic N) is 1. The molecule has 0 spiro atoms. The number of fused-ring (bicyclic) bond motifs is 4. The molecule has 1 nitrogen and oxygen atoms in total. The van der Waals surface area contributed by atoms with Crippen molar-refractivity contribution in [3.8, 4) is 0 Å². The SMILES string of the molecule is CC1CCC(CC(C2CCC(C)CC2)C2CCC3C(C2)C(C2CCCC4CCCCC42)C2CC[C@H](N(C4CCCC4)C4CCC(CI)CC4)CC2C3C2CCCC3CCCCC32)CC1. The summed E-state index contributed by atoms with van der Waals surface area (Å²) in [5.41, 5.74) is 0. The first kappa shape index (κ1) is 47.0. The van der Waals surface area contributed by atoms with Crippen molar-refractivity contribution in [2.75, 3.05) is 4.43 Å². The van der Waals surface area contributed by atoms with Crippen LogP contribution in [-0.4, -0.2) is 27.5 Å². The molecule has 0 aromatic carbocycles. The van der Waals surface area contributed by atoms with Crippen molar-refractivity contribution in [3.63, 3.8) is 0 Å². The maximum absolute atomic E-state index is 3.42. The van der Waals surface area contributed by atoms with Crippen LogP contribution in [0.2, 0.25) is 0 Å². The van der Waals surface area contributed by atoms with E-state index in [1.54, 1.807) is 173 Å². The van der Waals surface area contributed by atoms with Gasteiger partial charge in [-0.1, -0.05) is 152 Å². The normalized spacial score (nSPS) is 49.9. The van der Waals surface area contributed by atoms with Gasteiger partial charge < -0.3 is 0 Å². The molecule has 0 saturated heterocycles. The maximum atomic E-state index is 3.42. The molecule has 0 bridgehead atoms. The second-order valence-corrected chi connectivity index (χ2v) is 28.6. The van der Waals surface area contributed by atoms with Gasteiger partial charge in [0.1, 0.15) is 0 Å². The number of hydrogen-bond donors (Lipinski definition) is 0. The van der Waals surface area contributed by atoms with Gasteiger partial charge in [-0.3, -0.25) is 4.90 Å². The van der Waals surface area contributed by atoms with Gasteiger partial charge >= 0.3 is 0 Å². The minimum Gasteiger partial charge on any atom is -0.294 e. The minimum absolute atomic E-state index is 0.913. The third-order valence-electron chi connectivity index (χ3n) is 24.8. The van der Waals surface area contributed by atoms with E-state index in [2.05, 4.69) is 41.3 Å². The monoisotopic (exact) mass is 990 g/mol. The Morgan fingerprint density at radius 2 is 0.797 bits per heavy atom. The molecule has 2 heteroatoms. The topological polar surface area (TPSA) is 3.24 Å². The highest BCUT2D eigenvalue weighted by atomic mass is 127. The van der Waals surface area contributed by atoms with Crippen molar-refractivity contribution in [2.45, 2.75) is 270 Å². The fourth-order valence-electron chi connectivity index (χ4n) is 21.9. The molecular weight excluding hydrogens is 886 g/mol. The Bertz CT molecular complexity index is 1420. The first-order chi connectivity index (χ1) is 31.5. The van der Waals surface area contributed by atoms with Gasteiger partial charge in [0.15, 0.2) is 0 Å². The van der Waals surface area contributed by atoms with E-state index in [1.165, 1.54) is 68.6 Å². The Morgan fingerprint density at radius 1 is 0.359 bits per heavy atom. The van der Waals surface area contributed by atoms with Gasteiger partial charge in [-0.25, -0.2) is 0 Å². The molecule has 0 radical (unpaired) electrons. The van der Waals surface area contributed by atoms with Gasteiger partial charge in [-0.15, -0.1) is 0 Å². The van der Waals surface area contributed by atoms with Crippen LogP contribution in [0.4, 0.5) is 0 Å². The van der Waals surface area contributed by atoms with E-state index in [1.807, 2.05) is 0 Å². The molecule has 11 aliphatic rings. The third-order valence-corrected chi connectivity index (χ3v) is 26.0. The lowest BCUT2D eigenvalue weighted by atomic mass is 9.41. The zero-order chi connectivity index (χ0) is 43.1. The fourth-order valence-corrected chi connectivity index (χ4v) is 22.8. The highest BCUT2D eigenvalue weighted by Crippen LogP contribution is 2.67. The third kappa shape index (κ3) is 9.84. The second kappa shape index (κ2) is 21.6. The molecule has 11 rings (SSSR count). The first-order valence-corrected chi connectivity index (χ1v) is 32.4. The summed E-state index contributed by atoms with van der Waals surface area (Å²) in [6, 6.07) is 2.75. The Morgan fingerprint density at radius 3 is 1.41 bits per heavy atom. The molecule has 14 unspecified atom stereocenters. The molecule has 0 aromatic rings. The van der Waals surface area contributed by atoms with E-state index in [0.717, 1.165) is 131 Å². The Hall–Kier alpha value is 0.690. The Balaban J connectivity index is 0.957. The van der Waals surface area contributed by atoms with Gasteiger partial charge in [0.05, 0.1) is 0 Å². The largest absolute Gasteiger partial charge is 0.294 e. The highest BCUT2D eigenvalue weighted by Gasteiger charge is 2.60. The molecule has 0 amide bonds. The molecule has 15 atom stereocenters. The summed E-state index contributed by atoms with van der Waals surface area (Å²) < 4.78 is 1.40. The van der Waals surface area contributed by atoms with Gasteiger partial charge in [0.2, 0.25) is 0 Å². The highest BCUT2D eigenvalue weighted by molar-refractivity contribution is 14.1. The lowest BCUT2D eigenvalue weighted by Crippen LogP contribution is -2.60. The minimum atomic E-state index is 0.913. The first-order valence-electron chi connectivity index (χ1n) is 30.8. The Labute approximate surface area is 411 Å². The number of alkyl halides is 1. The van der Waals surface area contributed by atoms with Gasteiger partial charge in [-0.05, 0) is 234 Å². The second-order valence-electron chi connectivity index (χ2n) is 27.7. The van der Waals surface area contributed by atoms with Crippen molar-refractivity contribution in [2.24, 2.45) is 112 Å². The predicted octanol–water partition coefficient (Wildman–Crippen LogP) is 18.2. The van der Waals surface area contributed by atoms with E-state index in [-0.39, 0.29) is 0 Å². The molecule has 11 aliphatic carbocycles. The summed E-state index contributed by atoms with van der Waals surface area (Å²) in [6.45, 7) is 5.18. The van der Waals surface area contributed by atoms with Crippen molar-refractivity contribution in [3.05, 3.63) is 0 Å². The van der Waals surface area contributed by atoms with Crippen molar-refractivity contribution >= 4 is 22.6 Å². The van der Waals surface area contributed by atoms with Crippen LogP contribution in [0, 0.1) is 112 Å². The van der Waals surface area contributed by atoms with Crippen LogP contribution in [0.15, 0.2) is 0 Å². The van der Waals surface area contributed by atoms with Crippen LogP contribution in [0.5, 0.6) is 0 Å². The summed E-state index contributed by atoms with van der Waals surface area (Å²) in [7, 11) is 0. The van der Waals surface area contributed by atoms with Gasteiger partial charge in [-0.2, -0.15) is 0 Å². The zero-order valence-electron chi connectivity index (χ0n) is 42.4. The summed E-state index contributed by atoms with van der Waals surface area (Å²) in [6.07, 6.45) is 58.7. The smallest absolute Gasteiger partial charge is 0.0104 e. The predicted molar refractivity (Wildman–Crippen MR) is 281 cm³/mol. The van der Waals surface area contributed by atoms with Crippen molar-refractivity contribution < 1.29 is 0 Å². The summed E-state index contributed by atoms with van der Waals surface area (Å²) in [4.78, 5) is 3.42. The molecule has 11 fully saturated rings. The van der Waals surface area contributed by atoms with Crippen LogP contribution >= 0.6 is 22.6 Å². The number of rotatable bonds is 10. The lowest BCUT2D eigenvalue weighted by molar-refractivity contribution is -0.161. The molecule has 11 saturated carbocycles. The number of hydrogen-bond acceptors (Lipinski definition) is 1. The molecular formula is C62H104IN. The number of halogens is 1. The molecule has 0 aromatic heterocycles. The molecule has 64 heavy (non-hydrogen) atoms. The average Bonchev–Trinajstić information content (AvgIpc) is 3.88. The van der Waals surface area contributed by atoms with Gasteiger partial charge in [0, 0.05) is 22.6 Å². The fraction of sp³-hybridized carbons (Fsp3) is 1.00. The van der Waals surface area contributed by atoms with E-state index in [9.17, 15) is 0 Å².